The van der Waals surface area contributed by atoms with Gasteiger partial charge in [0.2, 0.25) is 0 Å². The topological polar surface area (TPSA) is 12.0 Å². The molecule has 1 unspecified atom stereocenters. The molecule has 2 aliphatic rings. The fraction of sp³-hybridized carbons (Fsp3) is 0.571. The first kappa shape index (κ1) is 10.3. The first-order valence-electron chi connectivity index (χ1n) is 6.24. The molecule has 0 saturated heterocycles. The van der Waals surface area contributed by atoms with Crippen LogP contribution in [0.1, 0.15) is 38.2 Å². The van der Waals surface area contributed by atoms with Crippen molar-refractivity contribution in [3.05, 3.63) is 35.6 Å². The normalized spacial score (nSPS) is 24.1. The average molecular weight is 219 g/mol. The molecule has 0 aliphatic heterocycles. The summed E-state index contributed by atoms with van der Waals surface area (Å²) in [6.45, 7) is 2.23. The Bertz CT molecular complexity index is 393. The minimum Gasteiger partial charge on any atom is -0.304 e. The van der Waals surface area contributed by atoms with Gasteiger partial charge in [-0.25, -0.2) is 4.39 Å². The number of hydrogen-bond donors (Lipinski definition) is 1. The Kier molecular flexibility index (Phi) is 2.28. The Morgan fingerprint density at radius 3 is 2.56 bits per heavy atom. The molecule has 0 amide bonds. The summed E-state index contributed by atoms with van der Waals surface area (Å²) in [5.74, 6) is 0.764. The third kappa shape index (κ3) is 1.75. The van der Waals surface area contributed by atoms with Crippen molar-refractivity contribution in [2.45, 2.75) is 44.2 Å². The van der Waals surface area contributed by atoms with E-state index in [0.29, 0.717) is 6.04 Å². The van der Waals surface area contributed by atoms with Crippen LogP contribution in [0.25, 0.3) is 0 Å². The van der Waals surface area contributed by atoms with E-state index in [0.717, 1.165) is 24.3 Å². The summed E-state index contributed by atoms with van der Waals surface area (Å²) in [7, 11) is 0. The Hall–Kier alpha value is -0.890. The van der Waals surface area contributed by atoms with Gasteiger partial charge in [0.05, 0.1) is 0 Å². The third-order valence-corrected chi connectivity index (χ3v) is 3.97. The Balaban J connectivity index is 1.80. The molecule has 1 aromatic rings. The molecule has 2 heteroatoms. The van der Waals surface area contributed by atoms with E-state index in [1.807, 2.05) is 12.1 Å². The molecule has 1 atom stereocenters. The van der Waals surface area contributed by atoms with Crippen LogP contribution in [-0.2, 0) is 5.54 Å². The second-order valence-electron chi connectivity index (χ2n) is 5.33. The fourth-order valence-corrected chi connectivity index (χ4v) is 2.62. The summed E-state index contributed by atoms with van der Waals surface area (Å²) in [5.41, 5.74) is 0.815. The van der Waals surface area contributed by atoms with Crippen LogP contribution in [0, 0.1) is 11.7 Å². The van der Waals surface area contributed by atoms with Crippen molar-refractivity contribution in [1.82, 2.24) is 5.32 Å². The maximum Gasteiger partial charge on any atom is 0.128 e. The molecule has 3 rings (SSSR count). The summed E-state index contributed by atoms with van der Waals surface area (Å²) < 4.78 is 13.8. The van der Waals surface area contributed by atoms with Crippen LogP contribution in [0.4, 0.5) is 4.39 Å². The highest BCUT2D eigenvalue weighted by atomic mass is 19.1. The van der Waals surface area contributed by atoms with Crippen molar-refractivity contribution in [2.24, 2.45) is 5.92 Å². The van der Waals surface area contributed by atoms with Crippen molar-refractivity contribution >= 4 is 0 Å². The van der Waals surface area contributed by atoms with E-state index < -0.39 is 0 Å². The fourth-order valence-electron chi connectivity index (χ4n) is 2.62. The quantitative estimate of drug-likeness (QED) is 0.820. The molecule has 0 bridgehead atoms. The molecule has 86 valence electrons. The van der Waals surface area contributed by atoms with Crippen LogP contribution >= 0.6 is 0 Å². The van der Waals surface area contributed by atoms with E-state index >= 15 is 0 Å². The molecule has 1 N–H and O–H groups in total. The monoisotopic (exact) mass is 219 g/mol. The van der Waals surface area contributed by atoms with Crippen molar-refractivity contribution < 1.29 is 4.39 Å². The number of benzene rings is 1. The summed E-state index contributed by atoms with van der Waals surface area (Å²) in [4.78, 5) is 0. The largest absolute Gasteiger partial charge is 0.304 e. The number of nitrogens with one attached hydrogen (secondary N) is 1. The van der Waals surface area contributed by atoms with Gasteiger partial charge in [-0.15, -0.1) is 0 Å². The van der Waals surface area contributed by atoms with Gasteiger partial charge in [-0.05, 0) is 44.6 Å². The van der Waals surface area contributed by atoms with E-state index in [1.54, 1.807) is 12.1 Å². The van der Waals surface area contributed by atoms with Crippen molar-refractivity contribution in [3.8, 4) is 0 Å². The summed E-state index contributed by atoms with van der Waals surface area (Å²) >= 11 is 0. The van der Waals surface area contributed by atoms with Crippen LogP contribution in [-0.4, -0.2) is 6.04 Å². The molecule has 0 aromatic heterocycles. The third-order valence-electron chi connectivity index (χ3n) is 3.97. The maximum atomic E-state index is 13.8. The minimum atomic E-state index is -0.0597. The van der Waals surface area contributed by atoms with Crippen LogP contribution in [0.3, 0.4) is 0 Å². The SMILES string of the molecule is CC(NC1(c2ccccc2F)CC1)C1CC1. The first-order chi connectivity index (χ1) is 7.71. The molecule has 0 spiro atoms. The van der Waals surface area contributed by atoms with Gasteiger partial charge in [0.25, 0.3) is 0 Å². The van der Waals surface area contributed by atoms with Gasteiger partial charge < -0.3 is 5.32 Å². The Labute approximate surface area is 96.1 Å². The average Bonchev–Trinajstić information content (AvgIpc) is 3.13. The predicted molar refractivity (Wildman–Crippen MR) is 62.6 cm³/mol. The van der Waals surface area contributed by atoms with E-state index in [-0.39, 0.29) is 11.4 Å². The first-order valence-corrected chi connectivity index (χ1v) is 6.24. The van der Waals surface area contributed by atoms with Crippen LogP contribution in [0.5, 0.6) is 0 Å². The maximum absolute atomic E-state index is 13.8. The molecular formula is C14H18FN. The molecule has 2 saturated carbocycles. The molecule has 2 fully saturated rings. The van der Waals surface area contributed by atoms with E-state index in [2.05, 4.69) is 12.2 Å². The zero-order valence-corrected chi connectivity index (χ0v) is 9.67. The Morgan fingerprint density at radius 1 is 1.31 bits per heavy atom. The second kappa shape index (κ2) is 3.56. The lowest BCUT2D eigenvalue weighted by Gasteiger charge is -2.23. The molecule has 1 nitrogen and oxygen atoms in total. The van der Waals surface area contributed by atoms with E-state index in [4.69, 9.17) is 0 Å². The van der Waals surface area contributed by atoms with Crippen molar-refractivity contribution in [1.29, 1.82) is 0 Å². The zero-order valence-electron chi connectivity index (χ0n) is 9.67. The van der Waals surface area contributed by atoms with Gasteiger partial charge in [-0.2, -0.15) is 0 Å². The van der Waals surface area contributed by atoms with E-state index in [9.17, 15) is 4.39 Å². The molecule has 0 heterocycles. The lowest BCUT2D eigenvalue weighted by atomic mass is 10.0. The highest BCUT2D eigenvalue weighted by molar-refractivity contribution is 5.31. The van der Waals surface area contributed by atoms with Crippen LogP contribution in [0.2, 0.25) is 0 Å². The smallest absolute Gasteiger partial charge is 0.128 e. The summed E-state index contributed by atoms with van der Waals surface area (Å²) in [5, 5.41) is 3.65. The van der Waals surface area contributed by atoms with Crippen LogP contribution < -0.4 is 5.32 Å². The van der Waals surface area contributed by atoms with Gasteiger partial charge in [0.15, 0.2) is 0 Å². The molecule has 2 aliphatic carbocycles. The zero-order chi connectivity index (χ0) is 11.2. The highest BCUT2D eigenvalue weighted by Gasteiger charge is 2.48. The number of rotatable bonds is 4. The lowest BCUT2D eigenvalue weighted by molar-refractivity contribution is 0.396. The standard InChI is InChI=1S/C14H18FN/c1-10(11-6-7-11)16-14(8-9-14)12-4-2-3-5-13(12)15/h2-5,10-11,16H,6-9H2,1H3. The Morgan fingerprint density at radius 2 is 2.00 bits per heavy atom. The molecule has 1 aromatic carbocycles. The summed E-state index contributed by atoms with van der Waals surface area (Å²) in [6.07, 6.45) is 4.82. The van der Waals surface area contributed by atoms with Gasteiger partial charge in [0, 0.05) is 17.1 Å². The predicted octanol–water partition coefficient (Wildman–Crippen LogP) is 3.20. The molecular weight excluding hydrogens is 201 g/mol. The van der Waals surface area contributed by atoms with Gasteiger partial charge in [-0.3, -0.25) is 0 Å². The highest BCUT2D eigenvalue weighted by Crippen LogP contribution is 2.48. The second-order valence-corrected chi connectivity index (χ2v) is 5.33. The van der Waals surface area contributed by atoms with Gasteiger partial charge >= 0.3 is 0 Å². The minimum absolute atomic E-state index is 0.0483. The van der Waals surface area contributed by atoms with Gasteiger partial charge in [0.1, 0.15) is 5.82 Å². The van der Waals surface area contributed by atoms with Crippen LogP contribution in [0.15, 0.2) is 24.3 Å². The lowest BCUT2D eigenvalue weighted by Crippen LogP contribution is -2.38. The van der Waals surface area contributed by atoms with Crippen molar-refractivity contribution in [3.63, 3.8) is 0 Å². The van der Waals surface area contributed by atoms with Gasteiger partial charge in [-0.1, -0.05) is 18.2 Å². The number of hydrogen-bond acceptors (Lipinski definition) is 1. The number of halogens is 1. The molecule has 0 radical (unpaired) electrons. The van der Waals surface area contributed by atoms with Crippen molar-refractivity contribution in [2.75, 3.05) is 0 Å². The molecule has 16 heavy (non-hydrogen) atoms. The van der Waals surface area contributed by atoms with E-state index in [1.165, 1.54) is 12.8 Å². The summed E-state index contributed by atoms with van der Waals surface area (Å²) in [6, 6.07) is 7.72.